The molecule has 0 spiro atoms. The second kappa shape index (κ2) is 3.45. The van der Waals surface area contributed by atoms with Crippen molar-refractivity contribution < 1.29 is 14.6 Å². The first-order chi connectivity index (χ1) is 7.66. The lowest BCUT2D eigenvalue weighted by atomic mass is 9.73. The average Bonchev–Trinajstić information content (AvgIpc) is 2.82. The van der Waals surface area contributed by atoms with Crippen LogP contribution in [0.4, 0.5) is 0 Å². The number of esters is 1. The summed E-state index contributed by atoms with van der Waals surface area (Å²) in [5.74, 6) is 1.21. The molecule has 0 aromatic heterocycles. The molecule has 0 heterocycles. The van der Waals surface area contributed by atoms with Crippen molar-refractivity contribution in [3.8, 4) is 0 Å². The van der Waals surface area contributed by atoms with Crippen molar-refractivity contribution in [3.63, 3.8) is 0 Å². The molecule has 0 aliphatic heterocycles. The van der Waals surface area contributed by atoms with E-state index >= 15 is 0 Å². The first kappa shape index (κ1) is 10.1. The number of rotatable bonds is 1. The van der Waals surface area contributed by atoms with E-state index in [2.05, 4.69) is 12.2 Å². The molecule has 3 heteroatoms. The first-order valence-electron chi connectivity index (χ1n) is 5.89. The van der Waals surface area contributed by atoms with Crippen molar-refractivity contribution >= 4 is 5.97 Å². The molecule has 16 heavy (non-hydrogen) atoms. The molecule has 1 N–H and O–H groups in total. The maximum Gasteiger partial charge on any atom is 0.303 e. The highest BCUT2D eigenvalue weighted by Crippen LogP contribution is 2.53. The number of aliphatic hydroxyl groups is 1. The molecule has 0 saturated heterocycles. The summed E-state index contributed by atoms with van der Waals surface area (Å²) >= 11 is 0. The number of carbonyl (C=O) groups excluding carboxylic acids is 1. The number of aliphatic hydroxyl groups excluding tert-OH is 1. The minimum absolute atomic E-state index is 0.147. The molecule has 0 amide bonds. The Morgan fingerprint density at radius 2 is 1.88 bits per heavy atom. The number of hydrogen-bond donors (Lipinski definition) is 1. The smallest absolute Gasteiger partial charge is 0.303 e. The Bertz CT molecular complexity index is 371. The second-order valence-electron chi connectivity index (χ2n) is 5.05. The van der Waals surface area contributed by atoms with Crippen LogP contribution in [-0.2, 0) is 9.53 Å². The van der Waals surface area contributed by atoms with E-state index in [1.54, 1.807) is 6.08 Å². The monoisotopic (exact) mass is 220 g/mol. The van der Waals surface area contributed by atoms with Gasteiger partial charge in [-0.3, -0.25) is 4.79 Å². The van der Waals surface area contributed by atoms with E-state index < -0.39 is 0 Å². The van der Waals surface area contributed by atoms with Gasteiger partial charge < -0.3 is 9.84 Å². The first-order valence-corrected chi connectivity index (χ1v) is 5.89. The van der Waals surface area contributed by atoms with Crippen LogP contribution in [0.2, 0.25) is 0 Å². The molecule has 0 aromatic carbocycles. The van der Waals surface area contributed by atoms with E-state index in [1.165, 1.54) is 6.92 Å². The zero-order chi connectivity index (χ0) is 11.3. The Hall–Kier alpha value is -1.09. The molecule has 3 aliphatic carbocycles. The van der Waals surface area contributed by atoms with E-state index in [9.17, 15) is 9.90 Å². The van der Waals surface area contributed by atoms with E-state index in [4.69, 9.17) is 4.74 Å². The molecule has 3 aliphatic rings. The molecule has 86 valence electrons. The Kier molecular flexibility index (Phi) is 2.18. The van der Waals surface area contributed by atoms with E-state index in [1.807, 2.05) is 6.08 Å². The standard InChI is InChI=1S/C13H16O3/c1-7(14)16-11-5-4-10(15)12-8-2-3-9(6-8)13(11)12/h2-5,8-13,15H,6H2,1H3/t8-,9+,10?,11?,12?,13?/m1/s1. The molecule has 1 saturated carbocycles. The number of carbonyl (C=O) groups is 1. The number of fused-ring (bicyclic) bond motifs is 5. The van der Waals surface area contributed by atoms with Gasteiger partial charge in [0.15, 0.2) is 0 Å². The maximum absolute atomic E-state index is 11.1. The van der Waals surface area contributed by atoms with Crippen molar-refractivity contribution in [2.24, 2.45) is 23.7 Å². The van der Waals surface area contributed by atoms with Crippen LogP contribution in [0, 0.1) is 23.7 Å². The highest BCUT2D eigenvalue weighted by molar-refractivity contribution is 5.66. The molecule has 2 bridgehead atoms. The van der Waals surface area contributed by atoms with Gasteiger partial charge in [0, 0.05) is 18.8 Å². The molecule has 0 aromatic rings. The average molecular weight is 220 g/mol. The summed E-state index contributed by atoms with van der Waals surface area (Å²) in [6.45, 7) is 1.44. The molecule has 6 atom stereocenters. The van der Waals surface area contributed by atoms with Gasteiger partial charge >= 0.3 is 5.97 Å². The Morgan fingerprint density at radius 1 is 1.19 bits per heavy atom. The molecule has 0 radical (unpaired) electrons. The SMILES string of the molecule is CC(=O)OC1C=CC(O)C2C1[C@H]1C=C[C@@H]2C1. The van der Waals surface area contributed by atoms with E-state index in [0.717, 1.165) is 6.42 Å². The lowest BCUT2D eigenvalue weighted by molar-refractivity contribution is -0.149. The van der Waals surface area contributed by atoms with Gasteiger partial charge in [-0.1, -0.05) is 18.2 Å². The minimum atomic E-state index is -0.378. The summed E-state index contributed by atoms with van der Waals surface area (Å²) in [5, 5.41) is 9.99. The van der Waals surface area contributed by atoms with Crippen LogP contribution < -0.4 is 0 Å². The van der Waals surface area contributed by atoms with Crippen molar-refractivity contribution in [1.29, 1.82) is 0 Å². The normalized spacial score (nSPS) is 48.1. The van der Waals surface area contributed by atoms with Crippen molar-refractivity contribution in [1.82, 2.24) is 0 Å². The summed E-state index contributed by atoms with van der Waals surface area (Å²) in [6.07, 6.45) is 8.63. The quantitative estimate of drug-likeness (QED) is 0.535. The van der Waals surface area contributed by atoms with Crippen molar-refractivity contribution in [2.45, 2.75) is 25.6 Å². The van der Waals surface area contributed by atoms with Crippen LogP contribution in [0.25, 0.3) is 0 Å². The highest BCUT2D eigenvalue weighted by Gasteiger charge is 2.52. The van der Waals surface area contributed by atoms with Crippen LogP contribution in [0.3, 0.4) is 0 Å². The molecule has 3 rings (SSSR count). The maximum atomic E-state index is 11.1. The molecule has 3 nitrogen and oxygen atoms in total. The van der Waals surface area contributed by atoms with Crippen LogP contribution in [0.1, 0.15) is 13.3 Å². The van der Waals surface area contributed by atoms with Gasteiger partial charge in [-0.05, 0) is 24.3 Å². The number of hydrogen-bond acceptors (Lipinski definition) is 3. The fraction of sp³-hybridized carbons (Fsp3) is 0.615. The fourth-order valence-electron chi connectivity index (χ4n) is 3.63. The fourth-order valence-corrected chi connectivity index (χ4v) is 3.63. The van der Waals surface area contributed by atoms with Crippen LogP contribution in [0.15, 0.2) is 24.3 Å². The van der Waals surface area contributed by atoms with E-state index in [-0.39, 0.29) is 30.0 Å². The van der Waals surface area contributed by atoms with Gasteiger partial charge in [-0.15, -0.1) is 0 Å². The van der Waals surface area contributed by atoms with Crippen LogP contribution in [0.5, 0.6) is 0 Å². The zero-order valence-electron chi connectivity index (χ0n) is 9.24. The lowest BCUT2D eigenvalue weighted by Crippen LogP contribution is -2.41. The highest BCUT2D eigenvalue weighted by atomic mass is 16.5. The third-order valence-electron chi connectivity index (χ3n) is 4.16. The van der Waals surface area contributed by atoms with Gasteiger partial charge in [0.1, 0.15) is 6.10 Å². The minimum Gasteiger partial charge on any atom is -0.458 e. The van der Waals surface area contributed by atoms with Gasteiger partial charge in [0.05, 0.1) is 6.10 Å². The number of ether oxygens (including phenoxy) is 1. The third-order valence-corrected chi connectivity index (χ3v) is 4.16. The summed E-state index contributed by atoms with van der Waals surface area (Å²) in [5.41, 5.74) is 0. The second-order valence-corrected chi connectivity index (χ2v) is 5.05. The van der Waals surface area contributed by atoms with Gasteiger partial charge in [-0.25, -0.2) is 0 Å². The van der Waals surface area contributed by atoms with Crippen LogP contribution >= 0.6 is 0 Å². The third kappa shape index (κ3) is 1.34. The van der Waals surface area contributed by atoms with Crippen LogP contribution in [-0.4, -0.2) is 23.3 Å². The van der Waals surface area contributed by atoms with Gasteiger partial charge in [0.2, 0.25) is 0 Å². The van der Waals surface area contributed by atoms with Crippen molar-refractivity contribution in [2.75, 3.05) is 0 Å². The summed E-state index contributed by atoms with van der Waals surface area (Å²) in [4.78, 5) is 11.1. The van der Waals surface area contributed by atoms with Gasteiger partial charge in [0.25, 0.3) is 0 Å². The Balaban J connectivity index is 1.89. The Morgan fingerprint density at radius 3 is 2.56 bits per heavy atom. The molecular weight excluding hydrogens is 204 g/mol. The predicted molar refractivity (Wildman–Crippen MR) is 58.4 cm³/mol. The summed E-state index contributed by atoms with van der Waals surface area (Å²) < 4.78 is 5.34. The molecule has 1 fully saturated rings. The Labute approximate surface area is 94.8 Å². The van der Waals surface area contributed by atoms with E-state index in [0.29, 0.717) is 11.8 Å². The molecular formula is C13H16O3. The van der Waals surface area contributed by atoms with Gasteiger partial charge in [-0.2, -0.15) is 0 Å². The zero-order valence-corrected chi connectivity index (χ0v) is 9.24. The van der Waals surface area contributed by atoms with Crippen molar-refractivity contribution in [3.05, 3.63) is 24.3 Å². The topological polar surface area (TPSA) is 46.5 Å². The summed E-state index contributed by atoms with van der Waals surface area (Å²) in [7, 11) is 0. The molecule has 4 unspecified atom stereocenters. The lowest BCUT2D eigenvalue weighted by Gasteiger charge is -2.37. The number of allylic oxidation sites excluding steroid dienone is 2. The largest absolute Gasteiger partial charge is 0.458 e. The predicted octanol–water partition coefficient (Wildman–Crippen LogP) is 1.29. The summed E-state index contributed by atoms with van der Waals surface area (Å²) in [6, 6.07) is 0.